The van der Waals surface area contributed by atoms with Gasteiger partial charge < -0.3 is 25.8 Å². The summed E-state index contributed by atoms with van der Waals surface area (Å²) in [5.41, 5.74) is 5.79. The first-order chi connectivity index (χ1) is 14.2. The van der Waals surface area contributed by atoms with Gasteiger partial charge in [0.1, 0.15) is 24.2 Å². The van der Waals surface area contributed by atoms with Crippen molar-refractivity contribution in [3.63, 3.8) is 0 Å². The van der Waals surface area contributed by atoms with Crippen molar-refractivity contribution in [3.05, 3.63) is 22.3 Å². The average Bonchev–Trinajstić information content (AvgIpc) is 3.13. The van der Waals surface area contributed by atoms with Crippen LogP contribution in [0.15, 0.2) is 21.8 Å². The zero-order valence-electron chi connectivity index (χ0n) is 16.7. The molecule has 3 rings (SSSR count). The molecule has 0 aromatic carbocycles. The summed E-state index contributed by atoms with van der Waals surface area (Å²) in [6, 6.07) is -0.961. The molecule has 2 aliphatic rings. The predicted molar refractivity (Wildman–Crippen MR) is 110 cm³/mol. The molecule has 0 spiro atoms. The number of thioether (sulfide) groups is 2. The Morgan fingerprint density at radius 1 is 1.48 bits per heavy atom. The standard InChI is InChI=1S/C16H17N5O6S3.Na/c1-6(22)28-3-7-4-29-14-10(13(24)21(14)11(7)15(25)26)19-12(23)9(20-27-2)8-5-30-16(17)18-8;/h5,10,14H,3-4H2,1-2H3,(H2,17,18)(H,19,23)(H,25,26);/q;+1/p-1/t10?,14-;/m1./s1. The fraction of sp³-hybridized carbons (Fsp3) is 0.375. The van der Waals surface area contributed by atoms with Gasteiger partial charge in [-0.25, -0.2) is 4.98 Å². The predicted octanol–water partition coefficient (Wildman–Crippen LogP) is -4.24. The number of hydrogen-bond acceptors (Lipinski definition) is 12. The molecule has 1 saturated heterocycles. The van der Waals surface area contributed by atoms with E-state index in [0.717, 1.165) is 28.0 Å². The van der Waals surface area contributed by atoms with Crippen molar-refractivity contribution < 1.29 is 58.7 Å². The van der Waals surface area contributed by atoms with Crippen LogP contribution in [0.3, 0.4) is 0 Å². The zero-order valence-corrected chi connectivity index (χ0v) is 21.2. The number of thiazole rings is 1. The minimum atomic E-state index is -1.50. The van der Waals surface area contributed by atoms with Crippen molar-refractivity contribution in [1.82, 2.24) is 15.2 Å². The number of rotatable bonds is 7. The van der Waals surface area contributed by atoms with Crippen molar-refractivity contribution in [3.8, 4) is 0 Å². The van der Waals surface area contributed by atoms with Crippen LogP contribution in [-0.4, -0.2) is 68.5 Å². The second-order valence-corrected chi connectivity index (χ2v) is 9.22. The van der Waals surface area contributed by atoms with Crippen LogP contribution >= 0.6 is 34.9 Å². The van der Waals surface area contributed by atoms with E-state index in [0.29, 0.717) is 5.57 Å². The van der Waals surface area contributed by atoms with Gasteiger partial charge >= 0.3 is 29.6 Å². The number of hydrogen-bond donors (Lipinski definition) is 2. The molecule has 1 fully saturated rings. The van der Waals surface area contributed by atoms with E-state index in [2.05, 4.69) is 15.5 Å². The van der Waals surface area contributed by atoms with Crippen LogP contribution < -0.4 is 45.7 Å². The molecule has 2 aliphatic heterocycles. The van der Waals surface area contributed by atoms with E-state index < -0.39 is 29.2 Å². The third-order valence-corrected chi connectivity index (χ3v) is 7.05. The van der Waals surface area contributed by atoms with Gasteiger partial charge in [-0.3, -0.25) is 19.3 Å². The molecule has 11 nitrogen and oxygen atoms in total. The molecule has 3 heterocycles. The Morgan fingerprint density at radius 3 is 2.74 bits per heavy atom. The second-order valence-electron chi connectivity index (χ2n) is 6.07. The number of nitrogens with zero attached hydrogens (tertiary/aromatic N) is 3. The first-order valence-electron chi connectivity index (χ1n) is 8.39. The molecule has 1 aromatic rings. The maximum Gasteiger partial charge on any atom is 1.00 e. The maximum absolute atomic E-state index is 12.7. The number of oxime groups is 1. The molecule has 31 heavy (non-hydrogen) atoms. The minimum absolute atomic E-state index is 0. The second kappa shape index (κ2) is 10.8. The number of anilines is 1. The Morgan fingerprint density at radius 2 is 2.19 bits per heavy atom. The topological polar surface area (TPSA) is 167 Å². The van der Waals surface area contributed by atoms with E-state index in [1.54, 1.807) is 0 Å². The number of aliphatic carboxylic acids is 1. The van der Waals surface area contributed by atoms with Crippen molar-refractivity contribution in [2.75, 3.05) is 24.3 Å². The van der Waals surface area contributed by atoms with Gasteiger partial charge in [-0.1, -0.05) is 16.9 Å². The van der Waals surface area contributed by atoms with Gasteiger partial charge in [0.15, 0.2) is 16.0 Å². The molecule has 15 heteroatoms. The monoisotopic (exact) mass is 493 g/mol. The first-order valence-corrected chi connectivity index (χ1v) is 11.3. The zero-order chi connectivity index (χ0) is 22.0. The molecule has 1 aromatic heterocycles. The number of fused-ring (bicyclic) bond motifs is 1. The first kappa shape index (κ1) is 25.7. The largest absolute Gasteiger partial charge is 1.00 e. The number of β-lactam (4-membered cyclic amide) rings is 1. The molecule has 0 saturated carbocycles. The number of carbonyl (C=O) groups is 4. The normalized spacial score (nSPS) is 20.4. The molecular formula is C16H16N5NaO6S3. The summed E-state index contributed by atoms with van der Waals surface area (Å²) in [6.07, 6.45) is 0. The van der Waals surface area contributed by atoms with Crippen LogP contribution in [0.2, 0.25) is 0 Å². The number of carboxylic acids is 1. The van der Waals surface area contributed by atoms with E-state index >= 15 is 0 Å². The van der Waals surface area contributed by atoms with Crippen molar-refractivity contribution in [1.29, 1.82) is 0 Å². The van der Waals surface area contributed by atoms with Crippen LogP contribution in [0.25, 0.3) is 0 Å². The van der Waals surface area contributed by atoms with Gasteiger partial charge in [0.05, 0.1) is 11.7 Å². The molecule has 0 bridgehead atoms. The van der Waals surface area contributed by atoms with Gasteiger partial charge in [-0.05, 0) is 5.57 Å². The van der Waals surface area contributed by atoms with E-state index in [-0.39, 0.29) is 68.4 Å². The molecule has 160 valence electrons. The number of carbonyl (C=O) groups excluding carboxylic acids is 4. The summed E-state index contributed by atoms with van der Waals surface area (Å²) < 4.78 is 0. The van der Waals surface area contributed by atoms with Crippen molar-refractivity contribution in [2.45, 2.75) is 18.3 Å². The summed E-state index contributed by atoms with van der Waals surface area (Å²) in [5, 5.41) is 18.8. The van der Waals surface area contributed by atoms with Crippen molar-refractivity contribution >= 4 is 68.6 Å². The van der Waals surface area contributed by atoms with Gasteiger partial charge in [-0.2, -0.15) is 0 Å². The quantitative estimate of drug-likeness (QED) is 0.164. The van der Waals surface area contributed by atoms with E-state index in [4.69, 9.17) is 10.6 Å². The van der Waals surface area contributed by atoms with Crippen LogP contribution in [-0.2, 0) is 24.0 Å². The van der Waals surface area contributed by atoms with E-state index in [1.807, 2.05) is 0 Å². The Kier molecular flexibility index (Phi) is 8.97. The fourth-order valence-corrected chi connectivity index (χ4v) is 5.51. The number of amides is 2. The number of aromatic nitrogens is 1. The number of nitrogen functional groups attached to an aromatic ring is 1. The van der Waals surface area contributed by atoms with Crippen molar-refractivity contribution in [2.24, 2.45) is 5.16 Å². The molecule has 1 unspecified atom stereocenters. The summed E-state index contributed by atoms with van der Waals surface area (Å²) >= 11 is 3.35. The number of carboxylic acid groups (broad SMARTS) is 1. The Balaban J connectivity index is 0.00000341. The summed E-state index contributed by atoms with van der Waals surface area (Å²) in [4.78, 5) is 57.9. The molecular weight excluding hydrogens is 477 g/mol. The van der Waals surface area contributed by atoms with E-state index in [1.165, 1.54) is 31.2 Å². The average molecular weight is 494 g/mol. The Hall–Kier alpha value is -1.58. The third kappa shape index (κ3) is 5.43. The van der Waals surface area contributed by atoms with Gasteiger partial charge in [0.25, 0.3) is 11.8 Å². The van der Waals surface area contributed by atoms with Gasteiger partial charge in [0, 0.05) is 23.8 Å². The molecule has 0 aliphatic carbocycles. The van der Waals surface area contributed by atoms with Gasteiger partial charge in [0.2, 0.25) is 0 Å². The molecule has 2 amide bonds. The van der Waals surface area contributed by atoms with Crippen LogP contribution in [0, 0.1) is 0 Å². The summed E-state index contributed by atoms with van der Waals surface area (Å²) in [6.45, 7) is 1.37. The van der Waals surface area contributed by atoms with Crippen LogP contribution in [0.5, 0.6) is 0 Å². The molecule has 0 radical (unpaired) electrons. The van der Waals surface area contributed by atoms with E-state index in [9.17, 15) is 24.3 Å². The third-order valence-electron chi connectivity index (χ3n) is 4.14. The van der Waals surface area contributed by atoms with Crippen LogP contribution in [0.4, 0.5) is 5.13 Å². The summed E-state index contributed by atoms with van der Waals surface area (Å²) in [5.74, 6) is -2.38. The SMILES string of the molecule is CON=C(C(=O)NC1C(=O)N2C(C(=O)[O-])=C(CSC(C)=O)CS[C@H]12)c1csc(N)n1.[Na+]. The Bertz CT molecular complexity index is 981. The maximum atomic E-state index is 12.7. The van der Waals surface area contributed by atoms with Crippen LogP contribution in [0.1, 0.15) is 12.6 Å². The fourth-order valence-electron chi connectivity index (χ4n) is 2.87. The summed E-state index contributed by atoms with van der Waals surface area (Å²) in [7, 11) is 1.26. The molecule has 2 atom stereocenters. The smallest absolute Gasteiger partial charge is 0.543 e. The number of nitrogens with two attached hydrogens (primary N) is 1. The number of nitrogens with one attached hydrogen (secondary N) is 1. The molecule has 3 N–H and O–H groups in total. The van der Waals surface area contributed by atoms with Gasteiger partial charge in [-0.15, -0.1) is 23.1 Å². The minimum Gasteiger partial charge on any atom is -0.543 e. The Labute approximate surface area is 211 Å².